The summed E-state index contributed by atoms with van der Waals surface area (Å²) in [6, 6.07) is 13.5. The minimum absolute atomic E-state index is 0.211. The minimum atomic E-state index is -0.211. The molecule has 0 aliphatic rings. The van der Waals surface area contributed by atoms with Crippen LogP contribution in [0.1, 0.15) is 43.0 Å². The van der Waals surface area contributed by atoms with E-state index in [1.807, 2.05) is 43.3 Å². The van der Waals surface area contributed by atoms with E-state index in [-0.39, 0.29) is 12.5 Å². The van der Waals surface area contributed by atoms with Crippen LogP contribution in [0.3, 0.4) is 0 Å². The number of urea groups is 1. The van der Waals surface area contributed by atoms with E-state index in [9.17, 15) is 4.79 Å². The second-order valence-electron chi connectivity index (χ2n) is 6.27. The first-order valence-electron chi connectivity index (χ1n) is 8.45. The summed E-state index contributed by atoms with van der Waals surface area (Å²) in [4.78, 5) is 18.7. The van der Waals surface area contributed by atoms with Crippen LogP contribution < -0.4 is 5.32 Å². The maximum absolute atomic E-state index is 12.8. The van der Waals surface area contributed by atoms with E-state index < -0.39 is 0 Å². The molecule has 2 amide bonds. The topological polar surface area (TPSA) is 69.0 Å². The molecule has 130 valence electrons. The monoisotopic (exact) mass is 336 g/mol. The maximum Gasteiger partial charge on any atom is 0.322 e. The second kappa shape index (κ2) is 8.84. The first kappa shape index (κ1) is 18.5. The molecule has 5 heteroatoms. The average Bonchev–Trinajstić information content (AvgIpc) is 2.60. The number of hydrogen-bond acceptors (Lipinski definition) is 3. The van der Waals surface area contributed by atoms with Gasteiger partial charge in [0.25, 0.3) is 0 Å². The van der Waals surface area contributed by atoms with Crippen LogP contribution in [-0.2, 0) is 6.54 Å². The number of rotatable bonds is 6. The lowest BCUT2D eigenvalue weighted by atomic mass is 9.98. The standard InChI is InChI=1S/C20H24N4O/c1-15(2)18-10-6-8-16(3)19(18)23-20(25)24(13-7-11-21)14-17-9-4-5-12-22-17/h4-6,8-10,12,15H,7,13-14H2,1-3H3,(H,23,25). The van der Waals surface area contributed by atoms with Gasteiger partial charge in [0.1, 0.15) is 0 Å². The van der Waals surface area contributed by atoms with Gasteiger partial charge in [-0.2, -0.15) is 5.26 Å². The van der Waals surface area contributed by atoms with Gasteiger partial charge in [0.2, 0.25) is 0 Å². The van der Waals surface area contributed by atoms with Crippen LogP contribution in [0.2, 0.25) is 0 Å². The molecular weight excluding hydrogens is 312 g/mol. The van der Waals surface area contributed by atoms with Crippen molar-refractivity contribution in [3.05, 3.63) is 59.4 Å². The van der Waals surface area contributed by atoms with Gasteiger partial charge in [-0.25, -0.2) is 4.79 Å². The number of amides is 2. The molecule has 0 atom stereocenters. The van der Waals surface area contributed by atoms with E-state index >= 15 is 0 Å². The Labute approximate surface area is 149 Å². The molecule has 0 fully saturated rings. The molecule has 0 radical (unpaired) electrons. The SMILES string of the molecule is Cc1cccc(C(C)C)c1NC(=O)N(CCC#N)Cc1ccccn1. The van der Waals surface area contributed by atoms with Crippen molar-refractivity contribution in [2.75, 3.05) is 11.9 Å². The number of anilines is 1. The van der Waals surface area contributed by atoms with E-state index in [4.69, 9.17) is 5.26 Å². The second-order valence-corrected chi connectivity index (χ2v) is 6.27. The van der Waals surface area contributed by atoms with Gasteiger partial charge in [-0.15, -0.1) is 0 Å². The third-order valence-electron chi connectivity index (χ3n) is 4.02. The summed E-state index contributed by atoms with van der Waals surface area (Å²) in [5, 5.41) is 11.9. The molecule has 2 rings (SSSR count). The number of carbonyl (C=O) groups is 1. The smallest absolute Gasteiger partial charge is 0.318 e. The predicted octanol–water partition coefficient (Wildman–Crippen LogP) is 4.46. The molecule has 0 spiro atoms. The quantitative estimate of drug-likeness (QED) is 0.846. The molecule has 0 unspecified atom stereocenters. The molecule has 1 aromatic heterocycles. The summed E-state index contributed by atoms with van der Waals surface area (Å²) in [6.45, 7) is 6.93. The Hall–Kier alpha value is -2.87. The van der Waals surface area contributed by atoms with Crippen molar-refractivity contribution in [3.63, 3.8) is 0 Å². The first-order chi connectivity index (χ1) is 12.0. The fourth-order valence-corrected chi connectivity index (χ4v) is 2.65. The van der Waals surface area contributed by atoms with Gasteiger partial charge in [-0.3, -0.25) is 4.98 Å². The summed E-state index contributed by atoms with van der Waals surface area (Å²) in [5.41, 5.74) is 3.78. The van der Waals surface area contributed by atoms with Crippen molar-refractivity contribution in [2.45, 2.75) is 39.7 Å². The molecule has 0 bridgehead atoms. The number of nitriles is 1. The summed E-state index contributed by atoms with van der Waals surface area (Å²) in [7, 11) is 0. The van der Waals surface area contributed by atoms with Crippen molar-refractivity contribution in [2.24, 2.45) is 0 Å². The number of para-hydroxylation sites is 1. The van der Waals surface area contributed by atoms with Crippen LogP contribution in [0, 0.1) is 18.3 Å². The van der Waals surface area contributed by atoms with Crippen molar-refractivity contribution < 1.29 is 4.79 Å². The Morgan fingerprint density at radius 2 is 2.08 bits per heavy atom. The summed E-state index contributed by atoms with van der Waals surface area (Å²) in [6.07, 6.45) is 1.99. The Bertz CT molecular complexity index is 750. The zero-order valence-corrected chi connectivity index (χ0v) is 15.0. The fourth-order valence-electron chi connectivity index (χ4n) is 2.65. The highest BCUT2D eigenvalue weighted by Crippen LogP contribution is 2.27. The molecule has 5 nitrogen and oxygen atoms in total. The van der Waals surface area contributed by atoms with E-state index in [2.05, 4.69) is 30.2 Å². The van der Waals surface area contributed by atoms with Crippen LogP contribution in [0.5, 0.6) is 0 Å². The highest BCUT2D eigenvalue weighted by Gasteiger charge is 2.18. The van der Waals surface area contributed by atoms with Crippen LogP contribution in [0.4, 0.5) is 10.5 Å². The summed E-state index contributed by atoms with van der Waals surface area (Å²) in [5.74, 6) is 0.304. The van der Waals surface area contributed by atoms with Gasteiger partial charge in [0.05, 0.1) is 24.7 Å². The molecular formula is C20H24N4O. The van der Waals surface area contributed by atoms with E-state index in [1.54, 1.807) is 11.1 Å². The Kier molecular flexibility index (Phi) is 6.53. The number of nitrogens with zero attached hydrogens (tertiary/aromatic N) is 3. The van der Waals surface area contributed by atoms with Crippen LogP contribution >= 0.6 is 0 Å². The van der Waals surface area contributed by atoms with Crippen molar-refractivity contribution >= 4 is 11.7 Å². The van der Waals surface area contributed by atoms with Crippen LogP contribution in [0.25, 0.3) is 0 Å². The number of carbonyl (C=O) groups excluding carboxylic acids is 1. The number of aryl methyl sites for hydroxylation is 1. The van der Waals surface area contributed by atoms with Crippen molar-refractivity contribution in [1.82, 2.24) is 9.88 Å². The zero-order chi connectivity index (χ0) is 18.2. The number of aromatic nitrogens is 1. The zero-order valence-electron chi connectivity index (χ0n) is 15.0. The number of nitrogens with one attached hydrogen (secondary N) is 1. The van der Waals surface area contributed by atoms with Crippen LogP contribution in [-0.4, -0.2) is 22.5 Å². The molecule has 2 aromatic rings. The normalized spacial score (nSPS) is 10.4. The summed E-state index contributed by atoms with van der Waals surface area (Å²) < 4.78 is 0. The van der Waals surface area contributed by atoms with Gasteiger partial charge in [-0.05, 0) is 36.1 Å². The number of hydrogen-bond donors (Lipinski definition) is 1. The summed E-state index contributed by atoms with van der Waals surface area (Å²) >= 11 is 0. The molecule has 1 N–H and O–H groups in total. The van der Waals surface area contributed by atoms with Gasteiger partial charge in [0.15, 0.2) is 0 Å². The number of benzene rings is 1. The third-order valence-corrected chi connectivity index (χ3v) is 4.02. The first-order valence-corrected chi connectivity index (χ1v) is 8.45. The Morgan fingerprint density at radius 3 is 2.72 bits per heavy atom. The fraction of sp³-hybridized carbons (Fsp3) is 0.350. The maximum atomic E-state index is 12.8. The van der Waals surface area contributed by atoms with E-state index in [1.165, 1.54) is 0 Å². The highest BCUT2D eigenvalue weighted by atomic mass is 16.2. The van der Waals surface area contributed by atoms with Crippen LogP contribution in [0.15, 0.2) is 42.6 Å². The lowest BCUT2D eigenvalue weighted by molar-refractivity contribution is 0.209. The van der Waals surface area contributed by atoms with E-state index in [0.29, 0.717) is 19.0 Å². The van der Waals surface area contributed by atoms with Crippen molar-refractivity contribution in [3.8, 4) is 6.07 Å². The molecule has 25 heavy (non-hydrogen) atoms. The molecule has 0 saturated carbocycles. The lowest BCUT2D eigenvalue weighted by Gasteiger charge is -2.24. The van der Waals surface area contributed by atoms with E-state index in [0.717, 1.165) is 22.5 Å². The predicted molar refractivity (Wildman–Crippen MR) is 99.2 cm³/mol. The molecule has 0 aliphatic heterocycles. The van der Waals surface area contributed by atoms with Gasteiger partial charge in [0, 0.05) is 18.4 Å². The van der Waals surface area contributed by atoms with Gasteiger partial charge >= 0.3 is 6.03 Å². The Balaban J connectivity index is 2.21. The lowest BCUT2D eigenvalue weighted by Crippen LogP contribution is -2.36. The highest BCUT2D eigenvalue weighted by molar-refractivity contribution is 5.91. The average molecular weight is 336 g/mol. The Morgan fingerprint density at radius 1 is 1.28 bits per heavy atom. The largest absolute Gasteiger partial charge is 0.322 e. The van der Waals surface area contributed by atoms with Gasteiger partial charge < -0.3 is 10.2 Å². The van der Waals surface area contributed by atoms with Crippen molar-refractivity contribution in [1.29, 1.82) is 5.26 Å². The number of pyridine rings is 1. The molecule has 1 aromatic carbocycles. The van der Waals surface area contributed by atoms with Gasteiger partial charge in [-0.1, -0.05) is 38.1 Å². The molecule has 1 heterocycles. The third kappa shape index (κ3) is 5.05. The minimum Gasteiger partial charge on any atom is -0.318 e. The molecule has 0 saturated heterocycles. The molecule has 0 aliphatic carbocycles.